The molecule has 0 N–H and O–H groups in total. The summed E-state index contributed by atoms with van der Waals surface area (Å²) in [5.74, 6) is 0.759. The van der Waals surface area contributed by atoms with E-state index in [0.717, 1.165) is 18.7 Å². The fourth-order valence-corrected chi connectivity index (χ4v) is 5.53. The Morgan fingerprint density at radius 3 is 2.43 bits per heavy atom. The maximum Gasteiger partial charge on any atom is 0.241 e. The zero-order valence-corrected chi connectivity index (χ0v) is 14.5. The first kappa shape index (κ1) is 16.5. The van der Waals surface area contributed by atoms with Crippen molar-refractivity contribution in [3.8, 4) is 0 Å². The van der Waals surface area contributed by atoms with E-state index in [1.165, 1.54) is 0 Å². The highest BCUT2D eigenvalue weighted by atomic mass is 32.2. The van der Waals surface area contributed by atoms with Gasteiger partial charge >= 0.3 is 0 Å². The van der Waals surface area contributed by atoms with Crippen molar-refractivity contribution in [2.45, 2.75) is 32.4 Å². The molecule has 126 valence electrons. The van der Waals surface area contributed by atoms with Gasteiger partial charge in [0.25, 0.3) is 0 Å². The summed E-state index contributed by atoms with van der Waals surface area (Å²) in [6.45, 7) is 5.37. The van der Waals surface area contributed by atoms with Crippen molar-refractivity contribution in [1.82, 2.24) is 4.90 Å². The van der Waals surface area contributed by atoms with E-state index in [1.54, 1.807) is 4.90 Å². The molecular formula is C17H24N2O3S. The molecule has 2 fully saturated rings. The van der Waals surface area contributed by atoms with Crippen molar-refractivity contribution in [3.63, 3.8) is 0 Å². The molecule has 0 aromatic heterocycles. The average Bonchev–Trinajstić information content (AvgIpc) is 2.80. The number of sulfone groups is 1. The SMILES string of the molecule is CC(C)CCN1CC(=O)N(c2ccccc2)[C@@H]2CS(=O)(=O)C[C@@H]21. The number of hydrogen-bond acceptors (Lipinski definition) is 4. The van der Waals surface area contributed by atoms with E-state index in [1.807, 2.05) is 30.3 Å². The van der Waals surface area contributed by atoms with E-state index in [-0.39, 0.29) is 29.5 Å². The molecule has 0 aliphatic carbocycles. The number of carbonyl (C=O) groups is 1. The highest BCUT2D eigenvalue weighted by Crippen LogP contribution is 2.31. The Morgan fingerprint density at radius 2 is 1.78 bits per heavy atom. The number of nitrogens with zero attached hydrogens (tertiary/aromatic N) is 2. The molecule has 2 saturated heterocycles. The van der Waals surface area contributed by atoms with Crippen LogP contribution in [-0.2, 0) is 14.6 Å². The highest BCUT2D eigenvalue weighted by Gasteiger charge is 2.49. The minimum atomic E-state index is -3.10. The molecule has 0 saturated carbocycles. The molecule has 1 aromatic carbocycles. The van der Waals surface area contributed by atoms with E-state index in [2.05, 4.69) is 18.7 Å². The molecule has 2 aliphatic rings. The molecule has 2 atom stereocenters. The van der Waals surface area contributed by atoms with Gasteiger partial charge in [-0.25, -0.2) is 8.42 Å². The Morgan fingerprint density at radius 1 is 1.13 bits per heavy atom. The third kappa shape index (κ3) is 3.43. The number of rotatable bonds is 4. The van der Waals surface area contributed by atoms with E-state index in [4.69, 9.17) is 0 Å². The van der Waals surface area contributed by atoms with Gasteiger partial charge in [-0.15, -0.1) is 0 Å². The number of benzene rings is 1. The zero-order chi connectivity index (χ0) is 16.6. The van der Waals surface area contributed by atoms with Crippen LogP contribution in [0.3, 0.4) is 0 Å². The van der Waals surface area contributed by atoms with Gasteiger partial charge in [0, 0.05) is 11.7 Å². The predicted molar refractivity (Wildman–Crippen MR) is 91.2 cm³/mol. The first-order valence-corrected chi connectivity index (χ1v) is 10.0. The van der Waals surface area contributed by atoms with Crippen LogP contribution in [0, 0.1) is 5.92 Å². The lowest BCUT2D eigenvalue weighted by molar-refractivity contribution is -0.123. The van der Waals surface area contributed by atoms with Gasteiger partial charge in [0.1, 0.15) is 0 Å². The molecular weight excluding hydrogens is 312 g/mol. The Bertz CT molecular complexity index is 672. The molecule has 23 heavy (non-hydrogen) atoms. The van der Waals surface area contributed by atoms with Crippen LogP contribution < -0.4 is 4.90 Å². The number of amides is 1. The van der Waals surface area contributed by atoms with Crippen LogP contribution in [0.2, 0.25) is 0 Å². The lowest BCUT2D eigenvalue weighted by atomic mass is 10.0. The fourth-order valence-electron chi connectivity index (χ4n) is 3.55. The van der Waals surface area contributed by atoms with Gasteiger partial charge in [0.2, 0.25) is 5.91 Å². The third-order valence-electron chi connectivity index (χ3n) is 4.73. The van der Waals surface area contributed by atoms with Crippen LogP contribution in [0.5, 0.6) is 0 Å². The highest BCUT2D eigenvalue weighted by molar-refractivity contribution is 7.91. The largest absolute Gasteiger partial charge is 0.306 e. The molecule has 3 rings (SSSR count). The van der Waals surface area contributed by atoms with E-state index in [9.17, 15) is 13.2 Å². The molecule has 0 spiro atoms. The normalized spacial score (nSPS) is 27.4. The minimum absolute atomic E-state index is 0.00157. The predicted octanol–water partition coefficient (Wildman–Crippen LogP) is 1.55. The number of anilines is 1. The van der Waals surface area contributed by atoms with Crippen molar-refractivity contribution in [2.24, 2.45) is 5.92 Å². The van der Waals surface area contributed by atoms with Crippen molar-refractivity contribution in [2.75, 3.05) is 29.5 Å². The standard InChI is InChI=1S/C17H24N2O3S/c1-13(2)8-9-18-10-17(20)19(14-6-4-3-5-7-14)16-12-23(21,22)11-15(16)18/h3-7,13,15-16H,8-12H2,1-2H3/t15-,16+/m0/s1. The van der Waals surface area contributed by atoms with E-state index in [0.29, 0.717) is 12.5 Å². The molecule has 1 amide bonds. The summed E-state index contributed by atoms with van der Waals surface area (Å²) in [5, 5.41) is 0. The van der Waals surface area contributed by atoms with Crippen molar-refractivity contribution >= 4 is 21.4 Å². The summed E-state index contributed by atoms with van der Waals surface area (Å²) in [4.78, 5) is 16.5. The summed E-state index contributed by atoms with van der Waals surface area (Å²) in [6.07, 6.45) is 0.974. The van der Waals surface area contributed by atoms with Crippen molar-refractivity contribution in [1.29, 1.82) is 0 Å². The van der Waals surface area contributed by atoms with Crippen molar-refractivity contribution < 1.29 is 13.2 Å². The second-order valence-corrected chi connectivity index (χ2v) is 9.12. The Labute approximate surface area is 138 Å². The first-order valence-electron chi connectivity index (χ1n) is 8.19. The quantitative estimate of drug-likeness (QED) is 0.837. The lowest BCUT2D eigenvalue weighted by Gasteiger charge is -2.43. The maximum atomic E-state index is 12.7. The number of para-hydroxylation sites is 1. The second kappa shape index (κ2) is 6.24. The molecule has 0 unspecified atom stereocenters. The van der Waals surface area contributed by atoms with Gasteiger partial charge in [0.05, 0.1) is 24.1 Å². The number of piperazine rings is 1. The summed E-state index contributed by atoms with van der Waals surface area (Å²) in [6, 6.07) is 9.06. The Balaban J connectivity index is 1.90. The number of carbonyl (C=O) groups excluding carboxylic acids is 1. The van der Waals surface area contributed by atoms with Crippen LogP contribution in [0.1, 0.15) is 20.3 Å². The third-order valence-corrected chi connectivity index (χ3v) is 6.43. The summed E-state index contributed by atoms with van der Waals surface area (Å²) in [7, 11) is -3.10. The van der Waals surface area contributed by atoms with Gasteiger partial charge < -0.3 is 4.90 Å². The van der Waals surface area contributed by atoms with E-state index >= 15 is 0 Å². The fraction of sp³-hybridized carbons (Fsp3) is 0.588. The summed E-state index contributed by atoms with van der Waals surface area (Å²) >= 11 is 0. The number of hydrogen-bond donors (Lipinski definition) is 0. The lowest BCUT2D eigenvalue weighted by Crippen LogP contribution is -2.62. The zero-order valence-electron chi connectivity index (χ0n) is 13.7. The molecule has 6 heteroatoms. The second-order valence-electron chi connectivity index (χ2n) is 6.96. The van der Waals surface area contributed by atoms with Crippen LogP contribution >= 0.6 is 0 Å². The van der Waals surface area contributed by atoms with Crippen LogP contribution in [0.15, 0.2) is 30.3 Å². The molecule has 0 radical (unpaired) electrons. The molecule has 0 bridgehead atoms. The molecule has 1 aromatic rings. The average molecular weight is 336 g/mol. The smallest absolute Gasteiger partial charge is 0.241 e. The molecule has 5 nitrogen and oxygen atoms in total. The minimum Gasteiger partial charge on any atom is -0.306 e. The summed E-state index contributed by atoms with van der Waals surface area (Å²) < 4.78 is 24.4. The maximum absolute atomic E-state index is 12.7. The number of fused-ring (bicyclic) bond motifs is 1. The van der Waals surface area contributed by atoms with Gasteiger partial charge in [-0.1, -0.05) is 32.0 Å². The van der Waals surface area contributed by atoms with Gasteiger partial charge in [-0.3, -0.25) is 9.69 Å². The van der Waals surface area contributed by atoms with Crippen LogP contribution in [0.25, 0.3) is 0 Å². The first-order chi connectivity index (χ1) is 10.9. The molecule has 2 heterocycles. The Kier molecular flexibility index (Phi) is 4.47. The van der Waals surface area contributed by atoms with Gasteiger partial charge in [0.15, 0.2) is 9.84 Å². The van der Waals surface area contributed by atoms with Crippen LogP contribution in [-0.4, -0.2) is 55.9 Å². The van der Waals surface area contributed by atoms with Crippen LogP contribution in [0.4, 0.5) is 5.69 Å². The van der Waals surface area contributed by atoms with Crippen molar-refractivity contribution in [3.05, 3.63) is 30.3 Å². The Hall–Kier alpha value is -1.40. The van der Waals surface area contributed by atoms with E-state index < -0.39 is 9.84 Å². The van der Waals surface area contributed by atoms with Gasteiger partial charge in [-0.2, -0.15) is 0 Å². The van der Waals surface area contributed by atoms with Gasteiger partial charge in [-0.05, 0) is 31.0 Å². The summed E-state index contributed by atoms with van der Waals surface area (Å²) in [5.41, 5.74) is 0.799. The topological polar surface area (TPSA) is 57.7 Å². The molecule has 2 aliphatic heterocycles. The monoisotopic (exact) mass is 336 g/mol.